The van der Waals surface area contributed by atoms with E-state index in [-0.39, 0.29) is 18.3 Å². The number of benzene rings is 1. The maximum Gasteiger partial charge on any atom is 0.416 e. The SMILES string of the molecule is Nc1ncc2c(n1)CN(C(=O)Cc1ccc(C(F)(F)F)cc1)C2. The van der Waals surface area contributed by atoms with Crippen LogP contribution in [0.3, 0.4) is 0 Å². The maximum atomic E-state index is 12.5. The van der Waals surface area contributed by atoms with Gasteiger partial charge in [-0.2, -0.15) is 13.2 Å². The minimum atomic E-state index is -4.38. The van der Waals surface area contributed by atoms with Crippen molar-refractivity contribution in [1.29, 1.82) is 0 Å². The largest absolute Gasteiger partial charge is 0.416 e. The molecule has 8 heteroatoms. The number of anilines is 1. The molecule has 3 rings (SSSR count). The second-order valence-corrected chi connectivity index (χ2v) is 5.32. The van der Waals surface area contributed by atoms with Gasteiger partial charge in [0.2, 0.25) is 11.9 Å². The van der Waals surface area contributed by atoms with E-state index in [4.69, 9.17) is 5.73 Å². The zero-order valence-electron chi connectivity index (χ0n) is 12.0. The average molecular weight is 322 g/mol. The molecule has 2 N–H and O–H groups in total. The molecule has 0 aliphatic carbocycles. The van der Waals surface area contributed by atoms with Crippen molar-refractivity contribution in [2.24, 2.45) is 0 Å². The van der Waals surface area contributed by atoms with Crippen LogP contribution in [0.1, 0.15) is 22.4 Å². The number of fused-ring (bicyclic) bond motifs is 1. The second-order valence-electron chi connectivity index (χ2n) is 5.32. The Labute approximate surface area is 130 Å². The molecule has 1 amide bonds. The third-order valence-corrected chi connectivity index (χ3v) is 3.66. The summed E-state index contributed by atoms with van der Waals surface area (Å²) in [4.78, 5) is 21.8. The van der Waals surface area contributed by atoms with Crippen LogP contribution in [0.2, 0.25) is 0 Å². The first-order valence-corrected chi connectivity index (χ1v) is 6.87. The highest BCUT2D eigenvalue weighted by Gasteiger charge is 2.30. The van der Waals surface area contributed by atoms with Gasteiger partial charge in [0.15, 0.2) is 0 Å². The van der Waals surface area contributed by atoms with E-state index >= 15 is 0 Å². The lowest BCUT2D eigenvalue weighted by atomic mass is 10.1. The van der Waals surface area contributed by atoms with Crippen LogP contribution in [0, 0.1) is 0 Å². The van der Waals surface area contributed by atoms with E-state index in [9.17, 15) is 18.0 Å². The highest BCUT2D eigenvalue weighted by atomic mass is 19.4. The summed E-state index contributed by atoms with van der Waals surface area (Å²) < 4.78 is 37.5. The molecule has 0 saturated heterocycles. The monoisotopic (exact) mass is 322 g/mol. The molecular formula is C15H13F3N4O. The number of nitrogen functional groups attached to an aromatic ring is 1. The number of hydrogen-bond acceptors (Lipinski definition) is 4. The number of alkyl halides is 3. The van der Waals surface area contributed by atoms with Gasteiger partial charge < -0.3 is 10.6 Å². The van der Waals surface area contributed by atoms with Crippen molar-refractivity contribution in [3.05, 3.63) is 52.8 Å². The minimum absolute atomic E-state index is 0.0367. The van der Waals surface area contributed by atoms with Gasteiger partial charge in [-0.25, -0.2) is 9.97 Å². The smallest absolute Gasteiger partial charge is 0.368 e. The molecule has 1 aliphatic rings. The molecule has 2 aromatic rings. The minimum Gasteiger partial charge on any atom is -0.368 e. The Morgan fingerprint density at radius 1 is 1.22 bits per heavy atom. The van der Waals surface area contributed by atoms with E-state index in [2.05, 4.69) is 9.97 Å². The Morgan fingerprint density at radius 2 is 1.91 bits per heavy atom. The van der Waals surface area contributed by atoms with E-state index in [1.807, 2.05) is 0 Å². The van der Waals surface area contributed by atoms with Crippen LogP contribution in [0.5, 0.6) is 0 Å². The van der Waals surface area contributed by atoms with Gasteiger partial charge >= 0.3 is 6.18 Å². The standard InChI is InChI=1S/C15H13F3N4O/c16-15(17,18)11-3-1-9(2-4-11)5-13(23)22-7-10-6-20-14(19)21-12(10)8-22/h1-4,6H,5,7-8H2,(H2,19,20,21). The summed E-state index contributed by atoms with van der Waals surface area (Å²) in [5.41, 5.74) is 6.85. The fraction of sp³-hybridized carbons (Fsp3) is 0.267. The lowest BCUT2D eigenvalue weighted by Crippen LogP contribution is -2.27. The quantitative estimate of drug-likeness (QED) is 0.920. The Morgan fingerprint density at radius 3 is 2.57 bits per heavy atom. The van der Waals surface area contributed by atoms with Gasteiger partial charge in [-0.15, -0.1) is 0 Å². The summed E-state index contributed by atoms with van der Waals surface area (Å²) in [6.45, 7) is 0.719. The van der Waals surface area contributed by atoms with Crippen molar-refractivity contribution >= 4 is 11.9 Å². The summed E-state index contributed by atoms with van der Waals surface area (Å²) in [7, 11) is 0. The van der Waals surface area contributed by atoms with Crippen LogP contribution in [0.4, 0.5) is 19.1 Å². The fourth-order valence-electron chi connectivity index (χ4n) is 2.44. The molecule has 1 aromatic heterocycles. The lowest BCUT2D eigenvalue weighted by Gasteiger charge is -2.15. The van der Waals surface area contributed by atoms with E-state index < -0.39 is 11.7 Å². The first-order chi connectivity index (χ1) is 10.8. The highest BCUT2D eigenvalue weighted by molar-refractivity contribution is 5.79. The van der Waals surface area contributed by atoms with Gasteiger partial charge in [0.25, 0.3) is 0 Å². The molecule has 0 unspecified atom stereocenters. The lowest BCUT2D eigenvalue weighted by molar-refractivity contribution is -0.137. The highest BCUT2D eigenvalue weighted by Crippen LogP contribution is 2.29. The number of amides is 1. The molecule has 1 aromatic carbocycles. The number of rotatable bonds is 2. The van der Waals surface area contributed by atoms with E-state index in [1.165, 1.54) is 12.1 Å². The van der Waals surface area contributed by atoms with Crippen LogP contribution in [0.25, 0.3) is 0 Å². The molecule has 0 saturated carbocycles. The molecule has 2 heterocycles. The predicted molar refractivity (Wildman–Crippen MR) is 75.8 cm³/mol. The molecule has 0 fully saturated rings. The number of hydrogen-bond donors (Lipinski definition) is 1. The topological polar surface area (TPSA) is 72.1 Å². The summed E-state index contributed by atoms with van der Waals surface area (Å²) >= 11 is 0. The van der Waals surface area contributed by atoms with Crippen LogP contribution >= 0.6 is 0 Å². The molecule has 23 heavy (non-hydrogen) atoms. The van der Waals surface area contributed by atoms with E-state index in [1.54, 1.807) is 11.1 Å². The Balaban J connectivity index is 1.67. The normalized spacial score (nSPS) is 14.0. The van der Waals surface area contributed by atoms with Crippen LogP contribution in [-0.2, 0) is 30.5 Å². The molecule has 120 valence electrons. The predicted octanol–water partition coefficient (Wildman–Crippen LogP) is 2.16. The fourth-order valence-corrected chi connectivity index (χ4v) is 2.44. The van der Waals surface area contributed by atoms with Crippen LogP contribution in [-0.4, -0.2) is 20.8 Å². The number of carbonyl (C=O) groups excluding carboxylic acids is 1. The van der Waals surface area contributed by atoms with E-state index in [0.717, 1.165) is 17.7 Å². The Bertz CT molecular complexity index is 743. The maximum absolute atomic E-state index is 12.5. The summed E-state index contributed by atoms with van der Waals surface area (Å²) in [5, 5.41) is 0. The Hall–Kier alpha value is -2.64. The zero-order chi connectivity index (χ0) is 16.6. The molecule has 0 spiro atoms. The van der Waals surface area contributed by atoms with Gasteiger partial charge in [0.1, 0.15) is 0 Å². The van der Waals surface area contributed by atoms with Gasteiger partial charge in [-0.05, 0) is 17.7 Å². The van der Waals surface area contributed by atoms with Gasteiger partial charge in [0.05, 0.1) is 24.2 Å². The van der Waals surface area contributed by atoms with Crippen molar-refractivity contribution in [1.82, 2.24) is 14.9 Å². The molecule has 0 atom stereocenters. The summed E-state index contributed by atoms with van der Waals surface area (Å²) in [5.74, 6) is -0.0258. The van der Waals surface area contributed by atoms with Crippen molar-refractivity contribution in [2.75, 3.05) is 5.73 Å². The van der Waals surface area contributed by atoms with Crippen molar-refractivity contribution < 1.29 is 18.0 Å². The first kappa shape index (κ1) is 15.3. The molecule has 5 nitrogen and oxygen atoms in total. The zero-order valence-corrected chi connectivity index (χ0v) is 12.0. The first-order valence-electron chi connectivity index (χ1n) is 6.87. The third kappa shape index (κ3) is 3.25. The summed E-state index contributed by atoms with van der Waals surface area (Å²) in [6.07, 6.45) is -2.75. The average Bonchev–Trinajstić information content (AvgIpc) is 2.90. The van der Waals surface area contributed by atoms with Gasteiger partial charge in [0, 0.05) is 18.3 Å². The number of nitrogens with zero attached hydrogens (tertiary/aromatic N) is 3. The number of aromatic nitrogens is 2. The van der Waals surface area contributed by atoms with Crippen LogP contribution < -0.4 is 5.73 Å². The molecule has 1 aliphatic heterocycles. The number of carbonyl (C=O) groups is 1. The third-order valence-electron chi connectivity index (χ3n) is 3.66. The number of halogens is 3. The van der Waals surface area contributed by atoms with E-state index in [0.29, 0.717) is 24.3 Å². The molecular weight excluding hydrogens is 309 g/mol. The molecule has 0 radical (unpaired) electrons. The van der Waals surface area contributed by atoms with Gasteiger partial charge in [-0.1, -0.05) is 12.1 Å². The Kier molecular flexibility index (Phi) is 3.67. The van der Waals surface area contributed by atoms with Crippen molar-refractivity contribution in [2.45, 2.75) is 25.7 Å². The van der Waals surface area contributed by atoms with Crippen LogP contribution in [0.15, 0.2) is 30.5 Å². The second kappa shape index (κ2) is 5.53. The van der Waals surface area contributed by atoms with Crippen molar-refractivity contribution in [3.8, 4) is 0 Å². The molecule has 0 bridgehead atoms. The summed E-state index contributed by atoms with van der Waals surface area (Å²) in [6, 6.07) is 4.60. The number of nitrogens with two attached hydrogens (primary N) is 1. The van der Waals surface area contributed by atoms with Crippen molar-refractivity contribution in [3.63, 3.8) is 0 Å². The van der Waals surface area contributed by atoms with Gasteiger partial charge in [-0.3, -0.25) is 4.79 Å².